The average molecular weight is 403 g/mol. The van der Waals surface area contributed by atoms with E-state index in [0.717, 1.165) is 29.6 Å². The smallest absolute Gasteiger partial charge is 0.223 e. The lowest BCUT2D eigenvalue weighted by Gasteiger charge is -2.34. The van der Waals surface area contributed by atoms with Crippen LogP contribution in [0.25, 0.3) is 16.6 Å². The summed E-state index contributed by atoms with van der Waals surface area (Å²) in [6.45, 7) is 3.63. The van der Waals surface area contributed by atoms with Gasteiger partial charge >= 0.3 is 0 Å². The fourth-order valence-corrected chi connectivity index (χ4v) is 4.25. The minimum Gasteiger partial charge on any atom is -0.494 e. The number of nitrogen functional groups attached to an aromatic ring is 1. The van der Waals surface area contributed by atoms with Crippen LogP contribution >= 0.6 is 0 Å². The molecule has 30 heavy (non-hydrogen) atoms. The molecule has 0 atom stereocenters. The molecule has 1 aliphatic carbocycles. The molecule has 0 aliphatic heterocycles. The molecule has 4 aromatic rings. The molecule has 0 saturated heterocycles. The number of hydrogen-bond donors (Lipinski definition) is 2. The zero-order valence-corrected chi connectivity index (χ0v) is 17.3. The van der Waals surface area contributed by atoms with Crippen LogP contribution in [0.3, 0.4) is 0 Å². The molecule has 1 aliphatic rings. The number of para-hydroxylation sites is 1. The second-order valence-electron chi connectivity index (χ2n) is 8.58. The minimum atomic E-state index is -0.838. The predicted octanol–water partition coefficient (Wildman–Crippen LogP) is 3.76. The van der Waals surface area contributed by atoms with Gasteiger partial charge in [0.05, 0.1) is 12.7 Å². The Morgan fingerprint density at radius 1 is 1.10 bits per heavy atom. The number of hydrogen-bond acceptors (Lipinski definition) is 6. The molecule has 1 saturated carbocycles. The van der Waals surface area contributed by atoms with Crippen LogP contribution in [0, 0.1) is 0 Å². The quantitative estimate of drug-likeness (QED) is 0.538. The SMILES string of the molecule is COc1cccc2c1nc(N)n1nc(C3CC(c4cccc(C(C)(C)O)c4)C3)nc21. The maximum atomic E-state index is 10.3. The fourth-order valence-electron chi connectivity index (χ4n) is 4.25. The standard InChI is InChI=1S/C23H25N5O2/c1-23(2,29)16-7-4-6-13(12-16)14-10-15(11-14)20-26-21-17-8-5-9-18(30-3)19(17)25-22(24)28(21)27-20/h4-9,12,14-15,29H,10-11H2,1-3H3,(H2,24,25). The monoisotopic (exact) mass is 403 g/mol. The lowest BCUT2D eigenvalue weighted by molar-refractivity contribution is 0.0784. The highest BCUT2D eigenvalue weighted by Crippen LogP contribution is 2.47. The highest BCUT2D eigenvalue weighted by atomic mass is 16.5. The Morgan fingerprint density at radius 3 is 2.60 bits per heavy atom. The first-order valence-electron chi connectivity index (χ1n) is 10.2. The molecule has 3 N–H and O–H groups in total. The van der Waals surface area contributed by atoms with Crippen molar-refractivity contribution >= 4 is 22.5 Å². The van der Waals surface area contributed by atoms with E-state index in [-0.39, 0.29) is 5.92 Å². The molecule has 0 spiro atoms. The zero-order chi connectivity index (χ0) is 21.0. The third-order valence-electron chi connectivity index (χ3n) is 6.09. The fraction of sp³-hybridized carbons (Fsp3) is 0.348. The molecule has 154 valence electrons. The Hall–Kier alpha value is -3.19. The van der Waals surface area contributed by atoms with E-state index in [1.807, 2.05) is 44.2 Å². The number of nitrogens with zero attached hydrogens (tertiary/aromatic N) is 4. The number of nitrogens with two attached hydrogens (primary N) is 1. The van der Waals surface area contributed by atoms with Gasteiger partial charge in [0, 0.05) is 11.3 Å². The van der Waals surface area contributed by atoms with E-state index in [2.05, 4.69) is 22.2 Å². The maximum Gasteiger partial charge on any atom is 0.223 e. The molecule has 1 fully saturated rings. The first kappa shape index (κ1) is 18.8. The highest BCUT2D eigenvalue weighted by Gasteiger charge is 2.35. The van der Waals surface area contributed by atoms with Crippen LogP contribution in [0.5, 0.6) is 5.75 Å². The molecule has 7 nitrogen and oxygen atoms in total. The number of rotatable bonds is 4. The first-order chi connectivity index (χ1) is 14.3. The van der Waals surface area contributed by atoms with Gasteiger partial charge in [-0.15, -0.1) is 5.10 Å². The van der Waals surface area contributed by atoms with Gasteiger partial charge in [0.25, 0.3) is 0 Å². The van der Waals surface area contributed by atoms with E-state index < -0.39 is 5.60 Å². The molecule has 0 amide bonds. The second kappa shape index (κ2) is 6.67. The van der Waals surface area contributed by atoms with Crippen molar-refractivity contribution in [1.29, 1.82) is 0 Å². The molecule has 0 radical (unpaired) electrons. The lowest BCUT2D eigenvalue weighted by atomic mass is 9.70. The van der Waals surface area contributed by atoms with Crippen molar-refractivity contribution in [2.45, 2.75) is 44.1 Å². The second-order valence-corrected chi connectivity index (χ2v) is 8.58. The molecule has 0 unspecified atom stereocenters. The minimum absolute atomic E-state index is 0.278. The van der Waals surface area contributed by atoms with Crippen molar-refractivity contribution in [2.75, 3.05) is 12.8 Å². The Labute approximate surface area is 174 Å². The summed E-state index contributed by atoms with van der Waals surface area (Å²) >= 11 is 0. The van der Waals surface area contributed by atoms with Crippen molar-refractivity contribution in [1.82, 2.24) is 19.6 Å². The van der Waals surface area contributed by atoms with Gasteiger partial charge in [-0.25, -0.2) is 9.97 Å². The largest absolute Gasteiger partial charge is 0.494 e. The van der Waals surface area contributed by atoms with Crippen molar-refractivity contribution in [2.24, 2.45) is 0 Å². The number of aliphatic hydroxyl groups is 1. The summed E-state index contributed by atoms with van der Waals surface area (Å²) in [4.78, 5) is 9.30. The van der Waals surface area contributed by atoms with Gasteiger partial charge in [-0.05, 0) is 55.9 Å². The maximum absolute atomic E-state index is 10.3. The molecular formula is C23H25N5O2. The highest BCUT2D eigenvalue weighted by molar-refractivity contribution is 5.95. The number of anilines is 1. The van der Waals surface area contributed by atoms with Crippen molar-refractivity contribution < 1.29 is 9.84 Å². The van der Waals surface area contributed by atoms with E-state index in [1.54, 1.807) is 11.6 Å². The van der Waals surface area contributed by atoms with Crippen molar-refractivity contribution in [3.63, 3.8) is 0 Å². The Balaban J connectivity index is 1.45. The van der Waals surface area contributed by atoms with Crippen LogP contribution in [0.2, 0.25) is 0 Å². The Bertz CT molecular complexity index is 1250. The lowest BCUT2D eigenvalue weighted by Crippen LogP contribution is -2.22. The Morgan fingerprint density at radius 2 is 1.87 bits per heavy atom. The van der Waals surface area contributed by atoms with Crippen LogP contribution in [-0.2, 0) is 5.60 Å². The average Bonchev–Trinajstić information content (AvgIpc) is 3.12. The van der Waals surface area contributed by atoms with E-state index in [1.165, 1.54) is 5.56 Å². The molecular weight excluding hydrogens is 378 g/mol. The molecule has 2 heterocycles. The van der Waals surface area contributed by atoms with E-state index in [0.29, 0.717) is 28.8 Å². The summed E-state index contributed by atoms with van der Waals surface area (Å²) in [6, 6.07) is 14.0. The summed E-state index contributed by atoms with van der Waals surface area (Å²) in [6.07, 6.45) is 1.95. The normalized spacial score (nSPS) is 19.2. The van der Waals surface area contributed by atoms with E-state index >= 15 is 0 Å². The molecule has 0 bridgehead atoms. The Kier molecular flexibility index (Phi) is 4.18. The molecule has 5 rings (SSSR count). The van der Waals surface area contributed by atoms with E-state index in [9.17, 15) is 5.11 Å². The third kappa shape index (κ3) is 2.97. The molecule has 2 aromatic carbocycles. The summed E-state index contributed by atoms with van der Waals surface area (Å²) in [5.41, 5.74) is 8.92. The summed E-state index contributed by atoms with van der Waals surface area (Å²) in [5, 5.41) is 15.8. The van der Waals surface area contributed by atoms with Gasteiger partial charge in [-0.3, -0.25) is 0 Å². The van der Waals surface area contributed by atoms with E-state index in [4.69, 9.17) is 15.5 Å². The number of methoxy groups -OCH3 is 1. The van der Waals surface area contributed by atoms with Crippen LogP contribution in [0.1, 0.15) is 55.5 Å². The number of ether oxygens (including phenoxy) is 1. The van der Waals surface area contributed by atoms with Gasteiger partial charge in [-0.1, -0.05) is 30.3 Å². The predicted molar refractivity (Wildman–Crippen MR) is 116 cm³/mol. The number of aromatic nitrogens is 4. The number of benzene rings is 2. The van der Waals surface area contributed by atoms with Crippen molar-refractivity contribution in [3.05, 3.63) is 59.4 Å². The first-order valence-corrected chi connectivity index (χ1v) is 10.2. The molecule has 7 heteroatoms. The van der Waals surface area contributed by atoms with Gasteiger partial charge in [0.2, 0.25) is 5.95 Å². The molecule has 2 aromatic heterocycles. The summed E-state index contributed by atoms with van der Waals surface area (Å²) < 4.78 is 7.05. The van der Waals surface area contributed by atoms with Gasteiger partial charge in [0.1, 0.15) is 11.3 Å². The summed E-state index contributed by atoms with van der Waals surface area (Å²) in [5.74, 6) is 2.49. The van der Waals surface area contributed by atoms with Gasteiger partial charge < -0.3 is 15.6 Å². The van der Waals surface area contributed by atoms with Crippen LogP contribution in [-0.4, -0.2) is 31.8 Å². The number of fused-ring (bicyclic) bond motifs is 3. The van der Waals surface area contributed by atoms with Crippen LogP contribution in [0.15, 0.2) is 42.5 Å². The zero-order valence-electron chi connectivity index (χ0n) is 17.3. The van der Waals surface area contributed by atoms with Gasteiger partial charge in [0.15, 0.2) is 11.5 Å². The van der Waals surface area contributed by atoms with Crippen molar-refractivity contribution in [3.8, 4) is 5.75 Å². The third-order valence-corrected chi connectivity index (χ3v) is 6.09. The van der Waals surface area contributed by atoms with Gasteiger partial charge in [-0.2, -0.15) is 4.52 Å². The van der Waals surface area contributed by atoms with Crippen LogP contribution in [0.4, 0.5) is 5.95 Å². The topological polar surface area (TPSA) is 98.6 Å². The summed E-state index contributed by atoms with van der Waals surface area (Å²) in [7, 11) is 1.62. The van der Waals surface area contributed by atoms with Crippen LogP contribution < -0.4 is 10.5 Å².